The van der Waals surface area contributed by atoms with Crippen LogP contribution in [0.25, 0.3) is 0 Å². The summed E-state index contributed by atoms with van der Waals surface area (Å²) in [6, 6.07) is 1.13. The Morgan fingerprint density at radius 1 is 1.32 bits per heavy atom. The van der Waals surface area contributed by atoms with Gasteiger partial charge in [-0.1, -0.05) is 39.0 Å². The Labute approximate surface area is 118 Å². The third-order valence-electron chi connectivity index (χ3n) is 4.41. The topological polar surface area (TPSA) is 40.5 Å². The van der Waals surface area contributed by atoms with Gasteiger partial charge >= 0.3 is 5.97 Å². The van der Waals surface area contributed by atoms with E-state index < -0.39 is 5.97 Å². The molecule has 1 fully saturated rings. The van der Waals surface area contributed by atoms with Gasteiger partial charge in [-0.3, -0.25) is 9.69 Å². The molecule has 0 aromatic carbocycles. The number of hydrogen-bond acceptors (Lipinski definition) is 2. The van der Waals surface area contributed by atoms with Gasteiger partial charge in [0.15, 0.2) is 0 Å². The Balaban J connectivity index is 2.34. The highest BCUT2D eigenvalue weighted by molar-refractivity contribution is 5.66. The van der Waals surface area contributed by atoms with Gasteiger partial charge in [-0.25, -0.2) is 0 Å². The minimum Gasteiger partial charge on any atom is -0.481 e. The van der Waals surface area contributed by atoms with Crippen molar-refractivity contribution in [3.63, 3.8) is 0 Å². The molecule has 1 heterocycles. The monoisotopic (exact) mass is 269 g/mol. The fourth-order valence-electron chi connectivity index (χ4n) is 3.24. The number of carboxylic acid groups (broad SMARTS) is 1. The lowest BCUT2D eigenvalue weighted by Gasteiger charge is -2.40. The standard InChI is InChI=1S/C16H31NO2/c1-3-4-5-6-9-14(2)17-13-8-7-10-15(17)11-12-16(18)19/h14-15H,3-13H2,1-2H3,(H,18,19). The first-order valence-electron chi connectivity index (χ1n) is 8.12. The van der Waals surface area contributed by atoms with E-state index in [1.165, 1.54) is 57.9 Å². The summed E-state index contributed by atoms with van der Waals surface area (Å²) in [6.45, 7) is 5.74. The molecule has 0 aromatic heterocycles. The molecule has 1 N–H and O–H groups in total. The minimum absolute atomic E-state index is 0.323. The lowest BCUT2D eigenvalue weighted by molar-refractivity contribution is -0.137. The van der Waals surface area contributed by atoms with Gasteiger partial charge in [0.05, 0.1) is 0 Å². The SMILES string of the molecule is CCCCCCC(C)N1CCCCC1CCC(=O)O. The zero-order chi connectivity index (χ0) is 14.1. The number of nitrogens with zero attached hydrogens (tertiary/aromatic N) is 1. The van der Waals surface area contributed by atoms with E-state index >= 15 is 0 Å². The predicted molar refractivity (Wildman–Crippen MR) is 79.4 cm³/mol. The van der Waals surface area contributed by atoms with Crippen molar-refractivity contribution >= 4 is 5.97 Å². The molecule has 0 radical (unpaired) electrons. The fraction of sp³-hybridized carbons (Fsp3) is 0.938. The van der Waals surface area contributed by atoms with E-state index in [-0.39, 0.29) is 0 Å². The van der Waals surface area contributed by atoms with E-state index in [4.69, 9.17) is 5.11 Å². The molecular weight excluding hydrogens is 238 g/mol. The summed E-state index contributed by atoms with van der Waals surface area (Å²) < 4.78 is 0. The molecule has 0 saturated carbocycles. The molecular formula is C16H31NO2. The average Bonchev–Trinajstić information content (AvgIpc) is 2.41. The van der Waals surface area contributed by atoms with Gasteiger partial charge in [-0.15, -0.1) is 0 Å². The van der Waals surface area contributed by atoms with E-state index in [1.807, 2.05) is 0 Å². The van der Waals surface area contributed by atoms with Crippen LogP contribution >= 0.6 is 0 Å². The highest BCUT2D eigenvalue weighted by Gasteiger charge is 2.26. The van der Waals surface area contributed by atoms with Gasteiger partial charge in [0.2, 0.25) is 0 Å². The van der Waals surface area contributed by atoms with Crippen LogP contribution in [0, 0.1) is 0 Å². The summed E-state index contributed by atoms with van der Waals surface area (Å²) in [5.74, 6) is -0.652. The lowest BCUT2D eigenvalue weighted by atomic mass is 9.94. The molecule has 0 bridgehead atoms. The Bertz CT molecular complexity index is 255. The van der Waals surface area contributed by atoms with E-state index in [2.05, 4.69) is 18.7 Å². The maximum atomic E-state index is 10.7. The van der Waals surface area contributed by atoms with Crippen molar-refractivity contribution in [1.82, 2.24) is 4.90 Å². The average molecular weight is 269 g/mol. The van der Waals surface area contributed by atoms with Crippen molar-refractivity contribution in [2.45, 2.75) is 90.1 Å². The van der Waals surface area contributed by atoms with E-state index in [0.717, 1.165) is 6.42 Å². The lowest BCUT2D eigenvalue weighted by Crippen LogP contribution is -2.45. The first-order valence-corrected chi connectivity index (χ1v) is 8.12. The number of piperidine rings is 1. The Kier molecular flexibility index (Phi) is 8.11. The molecule has 1 saturated heterocycles. The largest absolute Gasteiger partial charge is 0.481 e. The van der Waals surface area contributed by atoms with Gasteiger partial charge in [0.25, 0.3) is 0 Å². The molecule has 0 amide bonds. The zero-order valence-electron chi connectivity index (χ0n) is 12.7. The second-order valence-electron chi connectivity index (χ2n) is 6.02. The second-order valence-corrected chi connectivity index (χ2v) is 6.02. The van der Waals surface area contributed by atoms with Crippen LogP contribution in [0.3, 0.4) is 0 Å². The number of hydrogen-bond donors (Lipinski definition) is 1. The Hall–Kier alpha value is -0.570. The van der Waals surface area contributed by atoms with Crippen LogP contribution in [0.2, 0.25) is 0 Å². The smallest absolute Gasteiger partial charge is 0.303 e. The van der Waals surface area contributed by atoms with Gasteiger partial charge in [0, 0.05) is 18.5 Å². The summed E-state index contributed by atoms with van der Waals surface area (Å²) in [6.07, 6.45) is 11.4. The fourth-order valence-corrected chi connectivity index (χ4v) is 3.24. The highest BCUT2D eigenvalue weighted by atomic mass is 16.4. The van der Waals surface area contributed by atoms with Crippen LogP contribution < -0.4 is 0 Å². The van der Waals surface area contributed by atoms with E-state index in [1.54, 1.807) is 0 Å². The summed E-state index contributed by atoms with van der Waals surface area (Å²) in [4.78, 5) is 13.3. The molecule has 19 heavy (non-hydrogen) atoms. The highest BCUT2D eigenvalue weighted by Crippen LogP contribution is 2.25. The third kappa shape index (κ3) is 6.42. The van der Waals surface area contributed by atoms with Crippen molar-refractivity contribution in [3.05, 3.63) is 0 Å². The summed E-state index contributed by atoms with van der Waals surface area (Å²) in [5.41, 5.74) is 0. The van der Waals surface area contributed by atoms with Crippen molar-refractivity contribution in [2.24, 2.45) is 0 Å². The molecule has 0 spiro atoms. The summed E-state index contributed by atoms with van der Waals surface area (Å²) >= 11 is 0. The molecule has 3 heteroatoms. The molecule has 2 unspecified atom stereocenters. The number of aliphatic carboxylic acids is 1. The third-order valence-corrected chi connectivity index (χ3v) is 4.41. The number of rotatable bonds is 9. The van der Waals surface area contributed by atoms with Crippen LogP contribution in [0.1, 0.15) is 78.1 Å². The van der Waals surface area contributed by atoms with Gasteiger partial charge in [0.1, 0.15) is 0 Å². The number of carbonyl (C=O) groups is 1. The van der Waals surface area contributed by atoms with Gasteiger partial charge in [-0.2, -0.15) is 0 Å². The summed E-state index contributed by atoms with van der Waals surface area (Å²) in [7, 11) is 0. The molecule has 1 aliphatic rings. The van der Waals surface area contributed by atoms with E-state index in [9.17, 15) is 4.79 Å². The van der Waals surface area contributed by atoms with Crippen molar-refractivity contribution < 1.29 is 9.90 Å². The number of unbranched alkanes of at least 4 members (excludes halogenated alkanes) is 3. The number of carboxylic acids is 1. The maximum Gasteiger partial charge on any atom is 0.303 e. The normalized spacial score (nSPS) is 22.3. The van der Waals surface area contributed by atoms with Crippen LogP contribution in [0.4, 0.5) is 0 Å². The zero-order valence-corrected chi connectivity index (χ0v) is 12.7. The van der Waals surface area contributed by atoms with Gasteiger partial charge < -0.3 is 5.11 Å². The van der Waals surface area contributed by atoms with Crippen molar-refractivity contribution in [1.29, 1.82) is 0 Å². The predicted octanol–water partition coefficient (Wildman–Crippen LogP) is 4.06. The van der Waals surface area contributed by atoms with Gasteiger partial charge in [-0.05, 0) is 39.2 Å². The molecule has 112 valence electrons. The quantitative estimate of drug-likeness (QED) is 0.642. The second kappa shape index (κ2) is 9.35. The van der Waals surface area contributed by atoms with Crippen LogP contribution in [0.15, 0.2) is 0 Å². The van der Waals surface area contributed by atoms with Crippen LogP contribution in [-0.2, 0) is 4.79 Å². The van der Waals surface area contributed by atoms with Crippen LogP contribution in [0.5, 0.6) is 0 Å². The molecule has 3 nitrogen and oxygen atoms in total. The van der Waals surface area contributed by atoms with Crippen molar-refractivity contribution in [3.8, 4) is 0 Å². The Morgan fingerprint density at radius 3 is 2.79 bits per heavy atom. The molecule has 0 aromatic rings. The maximum absolute atomic E-state index is 10.7. The first-order chi connectivity index (χ1) is 9.15. The van der Waals surface area contributed by atoms with Crippen molar-refractivity contribution in [2.75, 3.05) is 6.54 Å². The molecule has 2 atom stereocenters. The Morgan fingerprint density at radius 2 is 2.11 bits per heavy atom. The van der Waals surface area contributed by atoms with E-state index in [0.29, 0.717) is 18.5 Å². The minimum atomic E-state index is -0.652. The first kappa shape index (κ1) is 16.5. The molecule has 0 aliphatic carbocycles. The number of likely N-dealkylation sites (tertiary alicyclic amines) is 1. The molecule has 1 rings (SSSR count). The summed E-state index contributed by atoms with van der Waals surface area (Å²) in [5, 5.41) is 8.85. The van der Waals surface area contributed by atoms with Crippen LogP contribution in [-0.4, -0.2) is 34.6 Å². The molecule has 1 aliphatic heterocycles.